The van der Waals surface area contributed by atoms with Crippen LogP contribution in [0, 0.1) is 0 Å². The van der Waals surface area contributed by atoms with Crippen LogP contribution in [0.1, 0.15) is 0 Å². The minimum absolute atomic E-state index is 1.09. The summed E-state index contributed by atoms with van der Waals surface area (Å²) in [6, 6.07) is 124. The van der Waals surface area contributed by atoms with Gasteiger partial charge in [0.25, 0.3) is 0 Å². The molecule has 0 saturated carbocycles. The first-order valence-electron chi connectivity index (χ1n) is 30.7. The fourth-order valence-corrected chi connectivity index (χ4v) is 16.9. The topological polar surface area (TPSA) is 16.3 Å². The number of nitrogens with zero attached hydrogens (tertiary/aromatic N) is 4. The van der Waals surface area contributed by atoms with E-state index in [1.165, 1.54) is 108 Å². The molecule has 0 amide bonds. The van der Waals surface area contributed by atoms with Gasteiger partial charge in [0, 0.05) is 34.1 Å². The molecule has 0 bridgehead atoms. The number of hydrogen-bond donors (Lipinski definition) is 0. The van der Waals surface area contributed by atoms with Gasteiger partial charge < -0.3 is 18.9 Å². The van der Waals surface area contributed by atoms with Crippen LogP contribution in [0.5, 0.6) is 0 Å². The lowest BCUT2D eigenvalue weighted by Gasteiger charge is -2.24. The van der Waals surface area contributed by atoms with Crippen LogP contribution in [0.15, 0.2) is 340 Å². The summed E-state index contributed by atoms with van der Waals surface area (Å²) in [5.41, 5.74) is 25.6. The van der Waals surface area contributed by atoms with Gasteiger partial charge in [-0.15, -0.1) is 34.0 Å². The van der Waals surface area contributed by atoms with E-state index in [0.29, 0.717) is 0 Å². The van der Waals surface area contributed by atoms with Crippen LogP contribution in [-0.2, 0) is 0 Å². The number of rotatable bonds is 14. The summed E-state index contributed by atoms with van der Waals surface area (Å²) in [5.74, 6) is 0. The second kappa shape index (κ2) is 23.1. The Morgan fingerprint density at radius 3 is 0.637 bits per heavy atom. The van der Waals surface area contributed by atoms with Crippen LogP contribution in [0.2, 0.25) is 0 Å². The molecule has 4 nitrogen and oxygen atoms in total. The van der Waals surface area contributed by atoms with Crippen LogP contribution in [0.4, 0.5) is 32.8 Å². The van der Waals surface area contributed by atoms with E-state index in [-0.39, 0.29) is 0 Å². The lowest BCUT2D eigenvalue weighted by molar-refractivity contribution is 1.15. The molecule has 91 heavy (non-hydrogen) atoms. The number of anilines is 6. The van der Waals surface area contributed by atoms with Crippen molar-refractivity contribution in [3.8, 4) is 78.1 Å². The molecule has 0 atom stereocenters. The molecule has 7 heteroatoms. The minimum Gasteiger partial charge on any atom is -0.305 e. The number of fused-ring (bicyclic) bond motifs is 7. The third kappa shape index (κ3) is 9.93. The van der Waals surface area contributed by atoms with E-state index in [1.807, 2.05) is 34.0 Å². The number of hydrogen-bond acceptors (Lipinski definition) is 5. The van der Waals surface area contributed by atoms with E-state index in [1.54, 1.807) is 0 Å². The second-order valence-electron chi connectivity index (χ2n) is 22.9. The molecular weight excluding hydrogens is 1160 g/mol. The van der Waals surface area contributed by atoms with E-state index >= 15 is 0 Å². The zero-order chi connectivity index (χ0) is 60.2. The number of thiophene rings is 3. The first-order valence-corrected chi connectivity index (χ1v) is 33.2. The Hall–Kier alpha value is -11.1. The summed E-state index contributed by atoms with van der Waals surface area (Å²) in [6.45, 7) is 0. The average molecular weight is 1220 g/mol. The van der Waals surface area contributed by atoms with Crippen molar-refractivity contribution in [3.63, 3.8) is 0 Å². The summed E-state index contributed by atoms with van der Waals surface area (Å²) in [7, 11) is 0. The second-order valence-corrected chi connectivity index (χ2v) is 26.0. The summed E-state index contributed by atoms with van der Waals surface area (Å²) in [5, 5.41) is 2.27. The van der Waals surface area contributed by atoms with E-state index < -0.39 is 0 Å². The van der Waals surface area contributed by atoms with Gasteiger partial charge in [0.1, 0.15) is 10.0 Å². The highest BCUT2D eigenvalue weighted by Gasteiger charge is 2.30. The van der Waals surface area contributed by atoms with Gasteiger partial charge >= 0.3 is 0 Å². The molecule has 430 valence electrons. The molecule has 12 aromatic carbocycles. The van der Waals surface area contributed by atoms with Gasteiger partial charge in [0.05, 0.1) is 40.9 Å². The Morgan fingerprint density at radius 2 is 0.407 bits per heavy atom. The highest BCUT2D eigenvalue weighted by molar-refractivity contribution is 7.35. The Kier molecular flexibility index (Phi) is 13.8. The van der Waals surface area contributed by atoms with Crippen LogP contribution >= 0.6 is 34.0 Å². The molecule has 0 aliphatic rings. The van der Waals surface area contributed by atoms with Crippen LogP contribution in [0.25, 0.3) is 119 Å². The largest absolute Gasteiger partial charge is 0.305 e. The van der Waals surface area contributed by atoms with Gasteiger partial charge in [-0.3, -0.25) is 0 Å². The SMILES string of the molecule is c1ccc(-c2ccc(N(c3ccc(-c4ccccc4)cc3)c3cc4c(s3)c3sc5c6sc(N(c7ccc(-c8ccccc8)cc7)c7ccc(-c8ccccc8)cc7)cc6n(-c6ccc(-c7ccccc7)cc6)c5c3n4-c3ccc(-c4ccccc4)cc3)cc2)cc1. The van der Waals surface area contributed by atoms with E-state index in [2.05, 4.69) is 359 Å². The molecule has 0 unspecified atom stereocenters. The highest BCUT2D eigenvalue weighted by Crippen LogP contribution is 2.55. The molecule has 0 N–H and O–H groups in total. The van der Waals surface area contributed by atoms with Crippen molar-refractivity contribution in [2.45, 2.75) is 0 Å². The Bertz CT molecular complexity index is 4860. The number of aromatic nitrogens is 2. The molecule has 0 radical (unpaired) electrons. The Labute approximate surface area is 540 Å². The summed E-state index contributed by atoms with van der Waals surface area (Å²) in [4.78, 5) is 4.89. The van der Waals surface area contributed by atoms with Gasteiger partial charge in [-0.1, -0.05) is 255 Å². The van der Waals surface area contributed by atoms with Crippen molar-refractivity contribution >= 4 is 108 Å². The highest BCUT2D eigenvalue weighted by atomic mass is 32.1. The fraction of sp³-hybridized carbons (Fsp3) is 0. The van der Waals surface area contributed by atoms with Crippen molar-refractivity contribution in [2.75, 3.05) is 9.80 Å². The lowest BCUT2D eigenvalue weighted by atomic mass is 10.0. The van der Waals surface area contributed by atoms with Gasteiger partial charge in [-0.25, -0.2) is 0 Å². The molecule has 5 heterocycles. The molecule has 0 fully saturated rings. The van der Waals surface area contributed by atoms with E-state index in [4.69, 9.17) is 0 Å². The molecule has 0 saturated heterocycles. The lowest BCUT2D eigenvalue weighted by Crippen LogP contribution is -2.08. The smallest absolute Gasteiger partial charge is 0.103 e. The first kappa shape index (κ1) is 54.1. The zero-order valence-electron chi connectivity index (χ0n) is 49.3. The number of benzene rings is 12. The van der Waals surface area contributed by atoms with Crippen molar-refractivity contribution in [3.05, 3.63) is 340 Å². The standard InChI is InChI=1S/C84H56N4S3/c1-7-19-57(20-8-1)63-31-43-69(44-32-63)85(70-45-33-64(34-46-70)58-21-9-2-10-22-58)77-55-75-81(89-77)83-79(87(75)73-51-39-67(40-52-73)61-27-15-5-16-28-61)80-84(91-83)82-76(88(80)74-53-41-68(42-54-74)62-29-17-6-18-30-62)56-78(90-82)86(71-47-35-65(36-48-71)59-23-11-3-12-24-59)72-49-37-66(38-50-72)60-25-13-4-14-26-60/h1-56H. The van der Waals surface area contributed by atoms with Gasteiger partial charge in [-0.2, -0.15) is 0 Å². The van der Waals surface area contributed by atoms with Crippen LogP contribution < -0.4 is 9.80 Å². The van der Waals surface area contributed by atoms with Crippen molar-refractivity contribution in [1.29, 1.82) is 0 Å². The Balaban J connectivity index is 0.896. The molecule has 17 aromatic rings. The molecule has 0 aliphatic heterocycles. The van der Waals surface area contributed by atoms with Crippen LogP contribution in [0.3, 0.4) is 0 Å². The maximum absolute atomic E-state index is 2.56. The van der Waals surface area contributed by atoms with Crippen LogP contribution in [-0.4, -0.2) is 9.13 Å². The normalized spacial score (nSPS) is 11.5. The first-order chi connectivity index (χ1) is 45.1. The molecule has 0 spiro atoms. The monoisotopic (exact) mass is 1220 g/mol. The third-order valence-electron chi connectivity index (χ3n) is 17.4. The van der Waals surface area contributed by atoms with Gasteiger partial charge in [0.2, 0.25) is 0 Å². The van der Waals surface area contributed by atoms with Gasteiger partial charge in [0.15, 0.2) is 0 Å². The van der Waals surface area contributed by atoms with E-state index in [9.17, 15) is 0 Å². The summed E-state index contributed by atoms with van der Waals surface area (Å²) in [6.07, 6.45) is 0. The van der Waals surface area contributed by atoms with Gasteiger partial charge in [-0.05, 0) is 152 Å². The minimum atomic E-state index is 1.09. The summed E-state index contributed by atoms with van der Waals surface area (Å²) < 4.78 is 10.1. The average Bonchev–Trinajstić information content (AvgIpc) is 1.52. The molecule has 17 rings (SSSR count). The fourth-order valence-electron chi connectivity index (χ4n) is 12.9. The third-order valence-corrected chi connectivity index (χ3v) is 21.2. The molecular formula is C84H56N4S3. The van der Waals surface area contributed by atoms with E-state index in [0.717, 1.165) is 44.1 Å². The molecule has 5 aromatic heterocycles. The quantitative estimate of drug-likeness (QED) is 0.108. The predicted octanol–water partition coefficient (Wildman–Crippen LogP) is 25.0. The van der Waals surface area contributed by atoms with Crippen molar-refractivity contribution in [1.82, 2.24) is 9.13 Å². The molecule has 0 aliphatic carbocycles. The Morgan fingerprint density at radius 1 is 0.198 bits per heavy atom. The zero-order valence-corrected chi connectivity index (χ0v) is 51.8. The van der Waals surface area contributed by atoms with Crippen molar-refractivity contribution < 1.29 is 0 Å². The maximum Gasteiger partial charge on any atom is 0.103 e. The maximum atomic E-state index is 2.56. The predicted molar refractivity (Wildman–Crippen MR) is 391 cm³/mol. The summed E-state index contributed by atoms with van der Waals surface area (Å²) >= 11 is 5.67. The van der Waals surface area contributed by atoms with Crippen molar-refractivity contribution in [2.24, 2.45) is 0 Å².